The van der Waals surface area contributed by atoms with Crippen LogP contribution in [-0.2, 0) is 4.79 Å². The highest BCUT2D eigenvalue weighted by molar-refractivity contribution is 5.97. The zero-order chi connectivity index (χ0) is 17.4. The van der Waals surface area contributed by atoms with Crippen LogP contribution in [0.1, 0.15) is 42.5 Å². The first-order valence-corrected chi connectivity index (χ1v) is 8.28. The molecule has 1 aromatic rings. The van der Waals surface area contributed by atoms with Gasteiger partial charge in [-0.25, -0.2) is 0 Å². The third-order valence-electron chi connectivity index (χ3n) is 4.38. The van der Waals surface area contributed by atoms with Crippen molar-refractivity contribution in [1.29, 1.82) is 5.26 Å². The summed E-state index contributed by atoms with van der Waals surface area (Å²) < 4.78 is 0. The fourth-order valence-corrected chi connectivity index (χ4v) is 3.03. The minimum atomic E-state index is -0.675. The number of carbonyl (C=O) groups is 2. The number of hydrogen-bond acceptors (Lipinski definition) is 4. The standard InChI is InChI=1S/C18H23N3O3/c19-10-11-20-18(24)16(12-13-6-8-15(22)9-7-13)21-17(23)14-4-2-1-3-5-14/h1-5,13,15-16,22H,6-9,11-12H2,(H,20,24)(H,21,23)/t13?,15?,16-/m0/s1. The van der Waals surface area contributed by atoms with Crippen LogP contribution in [0.5, 0.6) is 0 Å². The second-order valence-corrected chi connectivity index (χ2v) is 6.18. The molecule has 0 heterocycles. The maximum absolute atomic E-state index is 12.3. The van der Waals surface area contributed by atoms with Gasteiger partial charge < -0.3 is 15.7 Å². The third-order valence-corrected chi connectivity index (χ3v) is 4.38. The van der Waals surface area contributed by atoms with E-state index in [4.69, 9.17) is 5.26 Å². The SMILES string of the molecule is N#CCNC(=O)[C@H](CC1CCC(O)CC1)NC(=O)c1ccccc1. The zero-order valence-electron chi connectivity index (χ0n) is 13.6. The highest BCUT2D eigenvalue weighted by atomic mass is 16.3. The van der Waals surface area contributed by atoms with Crippen LogP contribution in [0.15, 0.2) is 30.3 Å². The van der Waals surface area contributed by atoms with Crippen molar-refractivity contribution in [3.63, 3.8) is 0 Å². The first-order valence-electron chi connectivity index (χ1n) is 8.28. The Balaban J connectivity index is 2.00. The van der Waals surface area contributed by atoms with Crippen LogP contribution in [0.25, 0.3) is 0 Å². The Bertz CT molecular complexity index is 589. The number of hydrogen-bond donors (Lipinski definition) is 3. The highest BCUT2D eigenvalue weighted by Crippen LogP contribution is 2.27. The Kier molecular flexibility index (Phi) is 6.76. The smallest absolute Gasteiger partial charge is 0.251 e. The summed E-state index contributed by atoms with van der Waals surface area (Å²) in [5.74, 6) is -0.363. The molecule has 6 nitrogen and oxygen atoms in total. The molecule has 0 spiro atoms. The molecule has 1 aliphatic carbocycles. The number of rotatable bonds is 6. The number of nitrogens with one attached hydrogen (secondary N) is 2. The van der Waals surface area contributed by atoms with Gasteiger partial charge in [-0.1, -0.05) is 18.2 Å². The van der Waals surface area contributed by atoms with E-state index in [2.05, 4.69) is 10.6 Å². The van der Waals surface area contributed by atoms with Crippen LogP contribution in [0.3, 0.4) is 0 Å². The normalized spacial score (nSPS) is 21.3. The van der Waals surface area contributed by atoms with Gasteiger partial charge in [0.05, 0.1) is 12.2 Å². The van der Waals surface area contributed by atoms with Crippen LogP contribution in [0.4, 0.5) is 0 Å². The van der Waals surface area contributed by atoms with E-state index in [1.54, 1.807) is 24.3 Å². The Morgan fingerprint density at radius 1 is 1.21 bits per heavy atom. The lowest BCUT2D eigenvalue weighted by Crippen LogP contribution is -2.48. The van der Waals surface area contributed by atoms with Crippen molar-refractivity contribution in [2.45, 2.75) is 44.2 Å². The second-order valence-electron chi connectivity index (χ2n) is 6.18. The predicted octanol–water partition coefficient (Wildman–Crippen LogP) is 1.37. The molecule has 1 atom stereocenters. The summed E-state index contributed by atoms with van der Waals surface area (Å²) in [6.45, 7) is -0.0834. The average molecular weight is 329 g/mol. The van der Waals surface area contributed by atoms with E-state index in [1.165, 1.54) is 0 Å². The monoisotopic (exact) mass is 329 g/mol. The number of carbonyl (C=O) groups excluding carboxylic acids is 2. The van der Waals surface area contributed by atoms with Crippen molar-refractivity contribution >= 4 is 11.8 Å². The fraction of sp³-hybridized carbons (Fsp3) is 0.500. The highest BCUT2D eigenvalue weighted by Gasteiger charge is 2.27. The van der Waals surface area contributed by atoms with E-state index in [-0.39, 0.29) is 30.4 Å². The van der Waals surface area contributed by atoms with Gasteiger partial charge in [-0.15, -0.1) is 0 Å². The van der Waals surface area contributed by atoms with Gasteiger partial charge in [-0.3, -0.25) is 9.59 Å². The molecule has 2 rings (SSSR count). The lowest BCUT2D eigenvalue weighted by molar-refractivity contribution is -0.123. The number of benzene rings is 1. The molecular formula is C18H23N3O3. The molecule has 0 unspecified atom stereocenters. The molecule has 0 saturated heterocycles. The number of nitrogens with zero attached hydrogens (tertiary/aromatic N) is 1. The molecular weight excluding hydrogens is 306 g/mol. The quantitative estimate of drug-likeness (QED) is 0.686. The summed E-state index contributed by atoms with van der Waals surface area (Å²) in [7, 11) is 0. The van der Waals surface area contributed by atoms with Crippen LogP contribution in [-0.4, -0.2) is 35.6 Å². The van der Waals surface area contributed by atoms with Crippen molar-refractivity contribution in [2.24, 2.45) is 5.92 Å². The van der Waals surface area contributed by atoms with Gasteiger partial charge in [0.1, 0.15) is 12.6 Å². The Hall–Kier alpha value is -2.39. The van der Waals surface area contributed by atoms with Crippen molar-refractivity contribution in [3.8, 4) is 6.07 Å². The first kappa shape index (κ1) is 18.0. The van der Waals surface area contributed by atoms with Crippen molar-refractivity contribution in [3.05, 3.63) is 35.9 Å². The summed E-state index contributed by atoms with van der Waals surface area (Å²) in [5, 5.41) is 23.5. The summed E-state index contributed by atoms with van der Waals surface area (Å²) >= 11 is 0. The minimum absolute atomic E-state index is 0.0834. The van der Waals surface area contributed by atoms with Crippen molar-refractivity contribution in [1.82, 2.24) is 10.6 Å². The molecule has 128 valence electrons. The van der Waals surface area contributed by atoms with E-state index in [9.17, 15) is 14.7 Å². The molecule has 0 bridgehead atoms. The maximum Gasteiger partial charge on any atom is 0.251 e. The van der Waals surface area contributed by atoms with Gasteiger partial charge in [0.15, 0.2) is 0 Å². The lowest BCUT2D eigenvalue weighted by Gasteiger charge is -2.28. The van der Waals surface area contributed by atoms with E-state index in [0.717, 1.165) is 25.7 Å². The van der Waals surface area contributed by atoms with Gasteiger partial charge in [-0.2, -0.15) is 5.26 Å². The summed E-state index contributed by atoms with van der Waals surface area (Å²) in [6, 6.07) is 9.93. The lowest BCUT2D eigenvalue weighted by atomic mass is 9.83. The van der Waals surface area contributed by atoms with E-state index in [0.29, 0.717) is 12.0 Å². The maximum atomic E-state index is 12.3. The molecule has 3 N–H and O–H groups in total. The number of amides is 2. The average Bonchev–Trinajstić information content (AvgIpc) is 2.61. The third kappa shape index (κ3) is 5.36. The predicted molar refractivity (Wildman–Crippen MR) is 88.9 cm³/mol. The molecule has 24 heavy (non-hydrogen) atoms. The van der Waals surface area contributed by atoms with Gasteiger partial charge in [-0.05, 0) is 50.2 Å². The Labute approximate surface area is 141 Å². The molecule has 6 heteroatoms. The summed E-state index contributed by atoms with van der Waals surface area (Å²) in [6.07, 6.45) is 3.39. The molecule has 0 radical (unpaired) electrons. The van der Waals surface area contributed by atoms with E-state index in [1.807, 2.05) is 12.1 Å². The molecule has 0 aliphatic heterocycles. The van der Waals surface area contributed by atoms with Crippen LogP contribution < -0.4 is 10.6 Å². The second kappa shape index (κ2) is 9.04. The van der Waals surface area contributed by atoms with Crippen molar-refractivity contribution < 1.29 is 14.7 Å². The minimum Gasteiger partial charge on any atom is -0.393 e. The van der Waals surface area contributed by atoms with Gasteiger partial charge >= 0.3 is 0 Å². The Morgan fingerprint density at radius 3 is 2.50 bits per heavy atom. The fourth-order valence-electron chi connectivity index (χ4n) is 3.03. The Morgan fingerprint density at radius 2 is 1.88 bits per heavy atom. The molecule has 1 saturated carbocycles. The number of nitriles is 1. The zero-order valence-corrected chi connectivity index (χ0v) is 13.6. The number of aliphatic hydroxyl groups excluding tert-OH is 1. The summed E-state index contributed by atoms with van der Waals surface area (Å²) in [5.41, 5.74) is 0.495. The van der Waals surface area contributed by atoms with Crippen LogP contribution in [0, 0.1) is 17.2 Å². The first-order chi connectivity index (χ1) is 11.6. The topological polar surface area (TPSA) is 102 Å². The van der Waals surface area contributed by atoms with Gasteiger partial charge in [0.2, 0.25) is 5.91 Å². The van der Waals surface area contributed by atoms with Gasteiger partial charge in [0, 0.05) is 5.56 Å². The van der Waals surface area contributed by atoms with Gasteiger partial charge in [0.25, 0.3) is 5.91 Å². The number of aliphatic hydroxyl groups is 1. The molecule has 0 aromatic heterocycles. The molecule has 1 aliphatic rings. The van der Waals surface area contributed by atoms with E-state index < -0.39 is 6.04 Å². The van der Waals surface area contributed by atoms with Crippen LogP contribution in [0.2, 0.25) is 0 Å². The van der Waals surface area contributed by atoms with Crippen molar-refractivity contribution in [2.75, 3.05) is 6.54 Å². The van der Waals surface area contributed by atoms with E-state index >= 15 is 0 Å². The largest absolute Gasteiger partial charge is 0.393 e. The summed E-state index contributed by atoms with van der Waals surface area (Å²) in [4.78, 5) is 24.6. The van der Waals surface area contributed by atoms with Crippen LogP contribution >= 0.6 is 0 Å². The molecule has 1 fully saturated rings. The molecule has 2 amide bonds. The molecule has 1 aromatic carbocycles.